The molecular weight excluding hydrogens is 614 g/mol. The highest BCUT2D eigenvalue weighted by Gasteiger charge is 2.75. The van der Waals surface area contributed by atoms with Crippen molar-refractivity contribution in [3.63, 3.8) is 0 Å². The lowest BCUT2D eigenvalue weighted by Crippen LogP contribution is -2.59. The van der Waals surface area contributed by atoms with Gasteiger partial charge < -0.3 is 34.4 Å². The van der Waals surface area contributed by atoms with E-state index in [-0.39, 0.29) is 32.1 Å². The van der Waals surface area contributed by atoms with Gasteiger partial charge in [-0.3, -0.25) is 19.2 Å². The van der Waals surface area contributed by atoms with E-state index in [2.05, 4.69) is 18.5 Å². The third kappa shape index (κ3) is 6.49. The number of ether oxygens (including phenoxy) is 3. The second kappa shape index (κ2) is 15.2. The summed E-state index contributed by atoms with van der Waals surface area (Å²) in [6.07, 6.45) is 4.57. The fourth-order valence-corrected chi connectivity index (χ4v) is 7.48. The highest BCUT2D eigenvalue weighted by molar-refractivity contribution is 6.05. The minimum absolute atomic E-state index is 0.0955. The smallest absolute Gasteiger partial charge is 0.306 e. The van der Waals surface area contributed by atoms with Gasteiger partial charge in [0.25, 0.3) is 5.91 Å². The average molecular weight is 660 g/mol. The normalized spacial score (nSPS) is 25.1. The molecule has 0 radical (unpaired) electrons. The Morgan fingerprint density at radius 1 is 1.15 bits per heavy atom. The number of nitrogens with zero attached hydrogens (tertiary/aromatic N) is 2. The van der Waals surface area contributed by atoms with Crippen LogP contribution >= 0.6 is 0 Å². The fraction of sp³-hybridized carbons (Fsp3) is 0.459. The van der Waals surface area contributed by atoms with Crippen LogP contribution in [0.2, 0.25) is 0 Å². The monoisotopic (exact) mass is 659 g/mol. The minimum atomic E-state index is -1.27. The van der Waals surface area contributed by atoms with Crippen molar-refractivity contribution in [2.24, 2.45) is 11.8 Å². The van der Waals surface area contributed by atoms with Gasteiger partial charge >= 0.3 is 5.97 Å². The first-order chi connectivity index (χ1) is 23.2. The van der Waals surface area contributed by atoms with Crippen LogP contribution in [0.15, 0.2) is 79.9 Å². The van der Waals surface area contributed by atoms with Gasteiger partial charge in [-0.25, -0.2) is 0 Å². The number of esters is 1. The number of amides is 3. The van der Waals surface area contributed by atoms with Gasteiger partial charge in [-0.1, -0.05) is 49.4 Å². The Morgan fingerprint density at radius 3 is 2.50 bits per heavy atom. The molecule has 7 atom stereocenters. The molecule has 3 heterocycles. The van der Waals surface area contributed by atoms with Crippen LogP contribution in [0.1, 0.15) is 50.6 Å². The van der Waals surface area contributed by atoms with Gasteiger partial charge in [0, 0.05) is 18.7 Å². The van der Waals surface area contributed by atoms with E-state index in [9.17, 15) is 24.3 Å². The summed E-state index contributed by atoms with van der Waals surface area (Å²) in [6, 6.07) is 13.8. The van der Waals surface area contributed by atoms with Gasteiger partial charge in [0.1, 0.15) is 24.0 Å². The first-order valence-corrected chi connectivity index (χ1v) is 16.5. The third-order valence-electron chi connectivity index (χ3n) is 9.79. The molecule has 3 aliphatic rings. The van der Waals surface area contributed by atoms with Crippen molar-refractivity contribution in [2.45, 2.75) is 68.9 Å². The average Bonchev–Trinajstić information content (AvgIpc) is 3.76. The van der Waals surface area contributed by atoms with Crippen LogP contribution in [0.25, 0.3) is 0 Å². The van der Waals surface area contributed by atoms with Gasteiger partial charge in [0.2, 0.25) is 11.8 Å². The van der Waals surface area contributed by atoms with Crippen molar-refractivity contribution >= 4 is 29.4 Å². The molecule has 1 spiro atoms. The highest BCUT2D eigenvalue weighted by atomic mass is 16.5. The number of fused-ring (bicyclic) bond motifs is 1. The molecular formula is C37H45N3O8. The Hall–Kier alpha value is -4.48. The fourth-order valence-electron chi connectivity index (χ4n) is 7.48. The van der Waals surface area contributed by atoms with Crippen molar-refractivity contribution in [1.29, 1.82) is 0 Å². The topological polar surface area (TPSA) is 135 Å². The first kappa shape index (κ1) is 34.8. The molecule has 2 bridgehead atoms. The van der Waals surface area contributed by atoms with Crippen molar-refractivity contribution in [3.05, 3.63) is 85.5 Å². The number of carbonyl (C=O) groups excluding carboxylic acids is 4. The summed E-state index contributed by atoms with van der Waals surface area (Å²) >= 11 is 0. The lowest BCUT2D eigenvalue weighted by Gasteiger charge is -2.39. The number of carbonyl (C=O) groups is 4. The molecule has 0 unspecified atom stereocenters. The molecule has 2 aromatic carbocycles. The lowest BCUT2D eigenvalue weighted by atomic mass is 9.70. The van der Waals surface area contributed by atoms with Crippen molar-refractivity contribution in [3.8, 4) is 5.75 Å². The molecule has 2 aromatic rings. The molecule has 11 heteroatoms. The van der Waals surface area contributed by atoms with E-state index in [0.29, 0.717) is 37.1 Å². The Bertz CT molecular complexity index is 1490. The van der Waals surface area contributed by atoms with Crippen LogP contribution in [0.3, 0.4) is 0 Å². The van der Waals surface area contributed by atoms with E-state index in [4.69, 9.17) is 14.2 Å². The van der Waals surface area contributed by atoms with Crippen LogP contribution in [-0.2, 0) is 28.7 Å². The van der Waals surface area contributed by atoms with Crippen molar-refractivity contribution < 1.29 is 38.5 Å². The number of hydrogen-bond acceptors (Lipinski definition) is 8. The molecule has 3 saturated heterocycles. The molecule has 2 N–H and O–H groups in total. The van der Waals surface area contributed by atoms with E-state index in [1.165, 1.54) is 4.90 Å². The van der Waals surface area contributed by atoms with E-state index in [0.717, 1.165) is 5.56 Å². The van der Waals surface area contributed by atoms with Crippen molar-refractivity contribution in [2.75, 3.05) is 31.8 Å². The Morgan fingerprint density at radius 2 is 1.88 bits per heavy atom. The Labute approximate surface area is 281 Å². The van der Waals surface area contributed by atoms with Gasteiger partial charge in [0.15, 0.2) is 0 Å². The number of anilines is 1. The third-order valence-corrected chi connectivity index (χ3v) is 9.79. The van der Waals surface area contributed by atoms with Crippen LogP contribution in [-0.4, -0.2) is 84.4 Å². The van der Waals surface area contributed by atoms with Crippen LogP contribution < -0.4 is 15.0 Å². The number of methoxy groups -OCH3 is 1. The van der Waals surface area contributed by atoms with E-state index < -0.39 is 59.5 Å². The summed E-state index contributed by atoms with van der Waals surface area (Å²) in [6.45, 7) is 9.05. The number of aliphatic hydroxyl groups is 1. The number of hydrogen-bond donors (Lipinski definition) is 2. The number of likely N-dealkylation sites (tertiary alicyclic amines) is 1. The van der Waals surface area contributed by atoms with Crippen LogP contribution in [0.5, 0.6) is 5.75 Å². The number of benzene rings is 2. The second-order valence-electron chi connectivity index (χ2n) is 12.5. The zero-order valence-corrected chi connectivity index (χ0v) is 27.6. The maximum Gasteiger partial charge on any atom is 0.306 e. The lowest BCUT2D eigenvalue weighted by molar-refractivity contribution is -0.146. The quantitative estimate of drug-likeness (QED) is 0.206. The maximum atomic E-state index is 14.7. The minimum Gasteiger partial charge on any atom is -0.497 e. The molecule has 3 amide bonds. The summed E-state index contributed by atoms with van der Waals surface area (Å²) in [5, 5.41) is 13.5. The SMILES string of the molecule is C=CCCC(=O)OC[C@H](NC(=O)[C@@H]1[C@H]2C(=O)N([C@@H](CC)CO)[C@H](C(=O)N(CC=C)c3ccc(OC)cc3)[C@]23CC[C@H]1O3)c1ccccc1. The molecule has 0 aliphatic carbocycles. The van der Waals surface area contributed by atoms with E-state index >= 15 is 0 Å². The zero-order chi connectivity index (χ0) is 34.4. The Balaban J connectivity index is 1.47. The zero-order valence-electron chi connectivity index (χ0n) is 27.6. The predicted octanol–water partition coefficient (Wildman–Crippen LogP) is 3.73. The molecule has 3 fully saturated rings. The summed E-state index contributed by atoms with van der Waals surface area (Å²) in [4.78, 5) is 58.8. The summed E-state index contributed by atoms with van der Waals surface area (Å²) < 4.78 is 17.5. The number of allylic oxidation sites excluding steroid dienone is 1. The van der Waals surface area contributed by atoms with Gasteiger partial charge in [0.05, 0.1) is 43.7 Å². The molecule has 3 aliphatic heterocycles. The van der Waals surface area contributed by atoms with Crippen molar-refractivity contribution in [1.82, 2.24) is 10.2 Å². The Kier molecular flexibility index (Phi) is 11.0. The molecule has 11 nitrogen and oxygen atoms in total. The predicted molar refractivity (Wildman–Crippen MR) is 179 cm³/mol. The number of aliphatic hydroxyl groups excluding tert-OH is 1. The van der Waals surface area contributed by atoms with Crippen LogP contribution in [0.4, 0.5) is 5.69 Å². The summed E-state index contributed by atoms with van der Waals surface area (Å²) in [7, 11) is 1.56. The molecule has 256 valence electrons. The maximum absolute atomic E-state index is 14.7. The highest BCUT2D eigenvalue weighted by Crippen LogP contribution is 2.59. The largest absolute Gasteiger partial charge is 0.497 e. The molecule has 5 rings (SSSR count). The molecule has 48 heavy (non-hydrogen) atoms. The first-order valence-electron chi connectivity index (χ1n) is 16.5. The number of rotatable bonds is 16. The standard InChI is InChI=1S/C37H45N3O8/c1-5-8-14-30(42)47-23-28(24-12-10-9-11-13-24)38-34(43)31-29-19-20-37(48-29)32(31)35(44)40(25(7-3)22-41)33(37)36(45)39(21-6-2)26-15-17-27(46-4)18-16-26/h5-6,9-13,15-18,25,28-29,31-33,41H,1-2,7-8,14,19-23H2,3-4H3,(H,38,43)/t25-,28-,29+,31-,32-,33+,37-/m0/s1. The number of nitrogens with one attached hydrogen (secondary N) is 1. The van der Waals surface area contributed by atoms with Gasteiger partial charge in [-0.2, -0.15) is 0 Å². The summed E-state index contributed by atoms with van der Waals surface area (Å²) in [5.41, 5.74) is 0.0500. The molecule has 0 saturated carbocycles. The van der Waals surface area contributed by atoms with Gasteiger partial charge in [-0.05, 0) is 55.5 Å². The molecule has 0 aromatic heterocycles. The summed E-state index contributed by atoms with van der Waals surface area (Å²) in [5.74, 6) is -2.81. The van der Waals surface area contributed by atoms with E-state index in [1.807, 2.05) is 37.3 Å². The van der Waals surface area contributed by atoms with Gasteiger partial charge in [-0.15, -0.1) is 13.2 Å². The second-order valence-corrected chi connectivity index (χ2v) is 12.5. The van der Waals surface area contributed by atoms with Crippen LogP contribution in [0, 0.1) is 11.8 Å². The van der Waals surface area contributed by atoms with E-state index in [1.54, 1.807) is 48.4 Å².